The third-order valence-corrected chi connectivity index (χ3v) is 5.28. The van der Waals surface area contributed by atoms with E-state index in [1.807, 2.05) is 17.0 Å². The van der Waals surface area contributed by atoms with Crippen molar-refractivity contribution in [3.8, 4) is 0 Å². The highest BCUT2D eigenvalue weighted by molar-refractivity contribution is 5.78. The number of hydrogen-bond acceptors (Lipinski definition) is 5. The van der Waals surface area contributed by atoms with E-state index in [1.54, 1.807) is 13.2 Å². The predicted octanol–water partition coefficient (Wildman–Crippen LogP) is 0.380. The first-order valence-corrected chi connectivity index (χ1v) is 9.04. The number of nitrogens with one attached hydrogen (secondary N) is 1. The zero-order valence-corrected chi connectivity index (χ0v) is 15.1. The number of hydrogen-bond donors (Lipinski definition) is 1. The van der Waals surface area contributed by atoms with E-state index in [1.165, 1.54) is 0 Å². The molecular formula is C18H28N4O3. The zero-order chi connectivity index (χ0) is 17.8. The van der Waals surface area contributed by atoms with E-state index < -0.39 is 0 Å². The van der Waals surface area contributed by atoms with Gasteiger partial charge >= 0.3 is 0 Å². The van der Waals surface area contributed by atoms with Gasteiger partial charge in [0.15, 0.2) is 0 Å². The third kappa shape index (κ3) is 4.61. The maximum absolute atomic E-state index is 12.1. The van der Waals surface area contributed by atoms with E-state index in [4.69, 9.17) is 4.42 Å². The molecule has 2 aliphatic rings. The molecule has 1 N–H and O–H groups in total. The Kier molecular flexibility index (Phi) is 5.75. The molecule has 0 spiro atoms. The van der Waals surface area contributed by atoms with Crippen molar-refractivity contribution in [2.24, 2.45) is 5.92 Å². The normalized spacial score (nSPS) is 25.3. The highest BCUT2D eigenvalue weighted by atomic mass is 16.3. The second-order valence-electron chi connectivity index (χ2n) is 7.14. The van der Waals surface area contributed by atoms with Crippen molar-refractivity contribution in [2.75, 3.05) is 45.8 Å². The maximum Gasteiger partial charge on any atom is 0.234 e. The van der Waals surface area contributed by atoms with Crippen LogP contribution in [-0.2, 0) is 16.1 Å². The van der Waals surface area contributed by atoms with Crippen molar-refractivity contribution >= 4 is 11.8 Å². The summed E-state index contributed by atoms with van der Waals surface area (Å²) in [4.78, 5) is 30.2. The molecule has 0 aliphatic carbocycles. The van der Waals surface area contributed by atoms with E-state index in [2.05, 4.69) is 22.0 Å². The van der Waals surface area contributed by atoms with Crippen LogP contribution in [0.3, 0.4) is 0 Å². The second kappa shape index (κ2) is 8.01. The standard InChI is InChI=1S/C18H28N4O3/c1-14-11-20(13-18(24)19-10-16-4-3-9-25-16)12-17(14)22-7-5-21(6-8-22)15(2)23/h3-4,9,14,17H,5-8,10-13H2,1-2H3,(H,19,24). The smallest absolute Gasteiger partial charge is 0.234 e. The Bertz CT molecular complexity index is 581. The monoisotopic (exact) mass is 348 g/mol. The van der Waals surface area contributed by atoms with Gasteiger partial charge in [-0.2, -0.15) is 0 Å². The first kappa shape index (κ1) is 17.9. The quantitative estimate of drug-likeness (QED) is 0.833. The summed E-state index contributed by atoms with van der Waals surface area (Å²) in [7, 11) is 0. The highest BCUT2D eigenvalue weighted by Gasteiger charge is 2.36. The van der Waals surface area contributed by atoms with Gasteiger partial charge in [-0.05, 0) is 18.1 Å². The van der Waals surface area contributed by atoms with Gasteiger partial charge in [-0.25, -0.2) is 0 Å². The molecule has 2 saturated heterocycles. The van der Waals surface area contributed by atoms with Crippen molar-refractivity contribution in [2.45, 2.75) is 26.4 Å². The number of furan rings is 1. The molecular weight excluding hydrogens is 320 g/mol. The minimum absolute atomic E-state index is 0.0330. The fraction of sp³-hybridized carbons (Fsp3) is 0.667. The molecule has 2 fully saturated rings. The Morgan fingerprint density at radius 1 is 1.24 bits per heavy atom. The predicted molar refractivity (Wildman–Crippen MR) is 93.8 cm³/mol. The molecule has 0 radical (unpaired) electrons. The molecule has 2 aliphatic heterocycles. The van der Waals surface area contributed by atoms with Crippen LogP contribution in [-0.4, -0.2) is 78.4 Å². The molecule has 3 rings (SSSR count). The summed E-state index contributed by atoms with van der Waals surface area (Å²) >= 11 is 0. The average Bonchev–Trinajstić information content (AvgIpc) is 3.23. The Morgan fingerprint density at radius 2 is 2.00 bits per heavy atom. The highest BCUT2D eigenvalue weighted by Crippen LogP contribution is 2.22. The number of amides is 2. The molecule has 1 aromatic rings. The molecule has 2 atom stereocenters. The minimum Gasteiger partial charge on any atom is -0.467 e. The maximum atomic E-state index is 12.1. The van der Waals surface area contributed by atoms with Crippen molar-refractivity contribution in [1.82, 2.24) is 20.0 Å². The fourth-order valence-electron chi connectivity index (χ4n) is 3.88. The van der Waals surface area contributed by atoms with Crippen LogP contribution in [0.25, 0.3) is 0 Å². The van der Waals surface area contributed by atoms with Crippen LogP contribution in [0.4, 0.5) is 0 Å². The SMILES string of the molecule is CC(=O)N1CCN(C2CN(CC(=O)NCc3ccco3)CC2C)CC1. The van der Waals surface area contributed by atoms with E-state index in [0.29, 0.717) is 25.0 Å². The van der Waals surface area contributed by atoms with Gasteiger partial charge < -0.3 is 14.6 Å². The van der Waals surface area contributed by atoms with Crippen LogP contribution in [0.1, 0.15) is 19.6 Å². The topological polar surface area (TPSA) is 69.0 Å². The van der Waals surface area contributed by atoms with E-state index in [-0.39, 0.29) is 11.8 Å². The summed E-state index contributed by atoms with van der Waals surface area (Å²) in [6, 6.07) is 4.14. The van der Waals surface area contributed by atoms with Crippen LogP contribution in [0, 0.1) is 5.92 Å². The van der Waals surface area contributed by atoms with Gasteiger partial charge in [-0.1, -0.05) is 6.92 Å². The summed E-state index contributed by atoms with van der Waals surface area (Å²) in [6.07, 6.45) is 1.61. The summed E-state index contributed by atoms with van der Waals surface area (Å²) < 4.78 is 5.23. The van der Waals surface area contributed by atoms with Crippen LogP contribution >= 0.6 is 0 Å². The van der Waals surface area contributed by atoms with Crippen molar-refractivity contribution < 1.29 is 14.0 Å². The number of likely N-dealkylation sites (tertiary alicyclic amines) is 1. The van der Waals surface area contributed by atoms with E-state index >= 15 is 0 Å². The Balaban J connectivity index is 1.43. The van der Waals surface area contributed by atoms with E-state index in [0.717, 1.165) is 45.0 Å². The van der Waals surface area contributed by atoms with Gasteiger partial charge in [0.25, 0.3) is 0 Å². The van der Waals surface area contributed by atoms with Gasteiger partial charge in [0.2, 0.25) is 11.8 Å². The number of carbonyl (C=O) groups excluding carboxylic acids is 2. The van der Waals surface area contributed by atoms with Crippen molar-refractivity contribution in [3.05, 3.63) is 24.2 Å². The molecule has 7 nitrogen and oxygen atoms in total. The largest absolute Gasteiger partial charge is 0.467 e. The van der Waals surface area contributed by atoms with Gasteiger partial charge in [0, 0.05) is 52.2 Å². The first-order valence-electron chi connectivity index (χ1n) is 9.04. The lowest BCUT2D eigenvalue weighted by Crippen LogP contribution is -2.53. The van der Waals surface area contributed by atoms with Gasteiger partial charge in [-0.15, -0.1) is 0 Å². The number of piperazine rings is 1. The summed E-state index contributed by atoms with van der Waals surface area (Å²) in [6.45, 7) is 10.1. The van der Waals surface area contributed by atoms with Crippen LogP contribution in [0.15, 0.2) is 22.8 Å². The number of carbonyl (C=O) groups is 2. The van der Waals surface area contributed by atoms with Crippen LogP contribution in [0.2, 0.25) is 0 Å². The summed E-state index contributed by atoms with van der Waals surface area (Å²) in [5, 5.41) is 2.91. The van der Waals surface area contributed by atoms with Crippen LogP contribution < -0.4 is 5.32 Å². The molecule has 25 heavy (non-hydrogen) atoms. The van der Waals surface area contributed by atoms with Crippen molar-refractivity contribution in [1.29, 1.82) is 0 Å². The molecule has 138 valence electrons. The average molecular weight is 348 g/mol. The Morgan fingerprint density at radius 3 is 2.64 bits per heavy atom. The van der Waals surface area contributed by atoms with Crippen LogP contribution in [0.5, 0.6) is 0 Å². The fourth-order valence-corrected chi connectivity index (χ4v) is 3.88. The molecule has 0 bridgehead atoms. The Labute approximate surface area is 148 Å². The molecule has 1 aromatic heterocycles. The minimum atomic E-state index is 0.0330. The lowest BCUT2D eigenvalue weighted by molar-refractivity contribution is -0.131. The lowest BCUT2D eigenvalue weighted by Gasteiger charge is -2.39. The van der Waals surface area contributed by atoms with Gasteiger partial charge in [0.05, 0.1) is 19.4 Å². The van der Waals surface area contributed by atoms with Crippen molar-refractivity contribution in [3.63, 3.8) is 0 Å². The van der Waals surface area contributed by atoms with Gasteiger partial charge in [0.1, 0.15) is 5.76 Å². The summed E-state index contributed by atoms with van der Waals surface area (Å²) in [5.41, 5.74) is 0. The van der Waals surface area contributed by atoms with E-state index in [9.17, 15) is 9.59 Å². The lowest BCUT2D eigenvalue weighted by atomic mass is 10.0. The molecule has 3 heterocycles. The second-order valence-corrected chi connectivity index (χ2v) is 7.14. The molecule has 2 unspecified atom stereocenters. The molecule has 2 amide bonds. The van der Waals surface area contributed by atoms with Gasteiger partial charge in [-0.3, -0.25) is 19.4 Å². The number of rotatable bonds is 5. The first-order chi connectivity index (χ1) is 12.0. The Hall–Kier alpha value is -1.86. The molecule has 0 aromatic carbocycles. The molecule has 0 saturated carbocycles. The third-order valence-electron chi connectivity index (χ3n) is 5.28. The zero-order valence-electron chi connectivity index (χ0n) is 15.1. The number of nitrogens with zero attached hydrogens (tertiary/aromatic N) is 3. The summed E-state index contributed by atoms with van der Waals surface area (Å²) in [5.74, 6) is 1.49. The molecule has 7 heteroatoms.